The Bertz CT molecular complexity index is 162. The standard InChI is InChI=1S/C4H4O5/c5-1-2(6)4(8)9-3(1)7/h1,3,5,7H. The van der Waals surface area contributed by atoms with Crippen LogP contribution < -0.4 is 0 Å². The van der Waals surface area contributed by atoms with Gasteiger partial charge in [0.1, 0.15) is 0 Å². The topological polar surface area (TPSA) is 83.8 Å². The third kappa shape index (κ3) is 0.797. The van der Waals surface area contributed by atoms with Crippen molar-refractivity contribution in [2.45, 2.75) is 12.4 Å². The summed E-state index contributed by atoms with van der Waals surface area (Å²) in [5.74, 6) is -2.28. The van der Waals surface area contributed by atoms with Gasteiger partial charge in [0.05, 0.1) is 0 Å². The lowest BCUT2D eigenvalue weighted by molar-refractivity contribution is -0.160. The van der Waals surface area contributed by atoms with Crippen LogP contribution >= 0.6 is 0 Å². The summed E-state index contributed by atoms with van der Waals surface area (Å²) in [5, 5.41) is 16.9. The van der Waals surface area contributed by atoms with Crippen LogP contribution in [-0.2, 0) is 14.3 Å². The van der Waals surface area contributed by atoms with E-state index in [-0.39, 0.29) is 0 Å². The van der Waals surface area contributed by atoms with Gasteiger partial charge >= 0.3 is 5.97 Å². The van der Waals surface area contributed by atoms with Crippen molar-refractivity contribution in [2.24, 2.45) is 0 Å². The maximum absolute atomic E-state index is 10.2. The number of carbonyl (C=O) groups is 2. The van der Waals surface area contributed by atoms with E-state index in [0.717, 1.165) is 0 Å². The molecule has 0 aliphatic carbocycles. The molecule has 0 radical (unpaired) electrons. The third-order valence-corrected chi connectivity index (χ3v) is 0.968. The van der Waals surface area contributed by atoms with E-state index in [0.29, 0.717) is 0 Å². The molecular formula is C4H4O5. The van der Waals surface area contributed by atoms with E-state index < -0.39 is 24.1 Å². The lowest BCUT2D eigenvalue weighted by Crippen LogP contribution is -2.25. The minimum atomic E-state index is -1.70. The summed E-state index contributed by atoms with van der Waals surface area (Å²) >= 11 is 0. The van der Waals surface area contributed by atoms with Crippen LogP contribution in [0.5, 0.6) is 0 Å². The molecule has 0 bridgehead atoms. The molecule has 1 fully saturated rings. The largest absolute Gasteiger partial charge is 0.427 e. The maximum Gasteiger partial charge on any atom is 0.380 e. The number of ether oxygens (including phenoxy) is 1. The van der Waals surface area contributed by atoms with Crippen LogP contribution in [0.15, 0.2) is 0 Å². The second-order valence-electron chi connectivity index (χ2n) is 1.60. The van der Waals surface area contributed by atoms with E-state index in [9.17, 15) is 9.59 Å². The molecular weight excluding hydrogens is 128 g/mol. The van der Waals surface area contributed by atoms with Crippen molar-refractivity contribution in [3.05, 3.63) is 0 Å². The summed E-state index contributed by atoms with van der Waals surface area (Å²) in [4.78, 5) is 20.3. The Balaban J connectivity index is 2.77. The molecule has 0 aromatic rings. The number of aliphatic hydroxyl groups excluding tert-OH is 2. The molecule has 0 saturated carbocycles. The monoisotopic (exact) mass is 132 g/mol. The first-order valence-electron chi connectivity index (χ1n) is 2.24. The minimum Gasteiger partial charge on any atom is -0.427 e. The van der Waals surface area contributed by atoms with Gasteiger partial charge < -0.3 is 14.9 Å². The first-order valence-corrected chi connectivity index (χ1v) is 2.24. The molecule has 1 aliphatic rings. The summed E-state index contributed by atoms with van der Waals surface area (Å²) in [6.45, 7) is 0. The minimum absolute atomic E-state index is 1.09. The second-order valence-corrected chi connectivity index (χ2v) is 1.60. The van der Waals surface area contributed by atoms with E-state index in [1.165, 1.54) is 0 Å². The van der Waals surface area contributed by atoms with Crippen LogP contribution in [0.1, 0.15) is 0 Å². The number of carbonyl (C=O) groups excluding carboxylic acids is 2. The van der Waals surface area contributed by atoms with Crippen molar-refractivity contribution in [3.8, 4) is 0 Å². The van der Waals surface area contributed by atoms with Gasteiger partial charge in [-0.05, 0) is 0 Å². The molecule has 0 spiro atoms. The Hall–Kier alpha value is -0.940. The summed E-state index contributed by atoms with van der Waals surface area (Å²) in [6, 6.07) is 0. The average Bonchev–Trinajstić information content (AvgIpc) is 1.98. The van der Waals surface area contributed by atoms with Gasteiger partial charge in [0.2, 0.25) is 6.29 Å². The van der Waals surface area contributed by atoms with Crippen molar-refractivity contribution >= 4 is 11.8 Å². The van der Waals surface area contributed by atoms with Gasteiger partial charge in [-0.15, -0.1) is 0 Å². The number of aliphatic hydroxyl groups is 2. The number of rotatable bonds is 0. The number of cyclic esters (lactones) is 1. The lowest BCUT2D eigenvalue weighted by Gasteiger charge is -1.99. The van der Waals surface area contributed by atoms with Crippen LogP contribution in [-0.4, -0.2) is 34.4 Å². The molecule has 1 heterocycles. The predicted octanol–water partition coefficient (Wildman–Crippen LogP) is -2.21. The van der Waals surface area contributed by atoms with Crippen molar-refractivity contribution in [2.75, 3.05) is 0 Å². The summed E-state index contributed by atoms with van der Waals surface area (Å²) in [6.07, 6.45) is -3.37. The van der Waals surface area contributed by atoms with Gasteiger partial charge in [0, 0.05) is 0 Å². The van der Waals surface area contributed by atoms with E-state index in [1.54, 1.807) is 0 Å². The highest BCUT2D eigenvalue weighted by molar-refractivity contribution is 6.37. The molecule has 5 heteroatoms. The number of Topliss-reactive ketones (excluding diaryl/α,β-unsaturated/α-hetero) is 1. The quantitative estimate of drug-likeness (QED) is 0.288. The molecule has 0 aromatic heterocycles. The fourth-order valence-corrected chi connectivity index (χ4v) is 0.482. The predicted molar refractivity (Wildman–Crippen MR) is 23.1 cm³/mol. The maximum atomic E-state index is 10.2. The molecule has 0 amide bonds. The normalized spacial score (nSPS) is 34.9. The van der Waals surface area contributed by atoms with Gasteiger partial charge in [-0.25, -0.2) is 4.79 Å². The van der Waals surface area contributed by atoms with E-state index in [2.05, 4.69) is 4.74 Å². The van der Waals surface area contributed by atoms with Crippen LogP contribution in [0.25, 0.3) is 0 Å². The average molecular weight is 132 g/mol. The van der Waals surface area contributed by atoms with E-state index in [1.807, 2.05) is 0 Å². The fraction of sp³-hybridized carbons (Fsp3) is 0.500. The van der Waals surface area contributed by atoms with Crippen molar-refractivity contribution in [1.29, 1.82) is 0 Å². The zero-order valence-electron chi connectivity index (χ0n) is 4.27. The zero-order chi connectivity index (χ0) is 7.02. The van der Waals surface area contributed by atoms with Gasteiger partial charge in [0.25, 0.3) is 5.78 Å². The number of hydrogen-bond acceptors (Lipinski definition) is 5. The summed E-state index contributed by atoms with van der Waals surface area (Å²) in [5.41, 5.74) is 0. The number of hydrogen-bond donors (Lipinski definition) is 2. The molecule has 2 atom stereocenters. The first kappa shape index (κ1) is 6.18. The van der Waals surface area contributed by atoms with E-state index >= 15 is 0 Å². The summed E-state index contributed by atoms with van der Waals surface area (Å²) < 4.78 is 3.90. The van der Waals surface area contributed by atoms with Crippen LogP contribution in [0.4, 0.5) is 0 Å². The SMILES string of the molecule is O=C1OC(O)C(O)C1=O. The zero-order valence-corrected chi connectivity index (χ0v) is 4.27. The van der Waals surface area contributed by atoms with Gasteiger partial charge in [-0.2, -0.15) is 0 Å². The van der Waals surface area contributed by atoms with Crippen molar-refractivity contribution in [3.63, 3.8) is 0 Å². The van der Waals surface area contributed by atoms with Crippen molar-refractivity contribution in [1.82, 2.24) is 0 Å². The summed E-state index contributed by atoms with van der Waals surface area (Å²) in [7, 11) is 0. The number of esters is 1. The highest BCUT2D eigenvalue weighted by Gasteiger charge is 2.41. The Morgan fingerprint density at radius 1 is 1.33 bits per heavy atom. The molecule has 1 saturated heterocycles. The molecule has 0 aromatic carbocycles. The molecule has 50 valence electrons. The van der Waals surface area contributed by atoms with Gasteiger partial charge in [0.15, 0.2) is 6.10 Å². The third-order valence-electron chi connectivity index (χ3n) is 0.968. The highest BCUT2D eigenvalue weighted by atomic mass is 16.7. The van der Waals surface area contributed by atoms with Gasteiger partial charge in [-0.3, -0.25) is 4.79 Å². The Labute approximate surface area is 49.9 Å². The molecule has 2 unspecified atom stereocenters. The van der Waals surface area contributed by atoms with Crippen molar-refractivity contribution < 1.29 is 24.5 Å². The smallest absolute Gasteiger partial charge is 0.380 e. The van der Waals surface area contributed by atoms with Crippen LogP contribution in [0, 0.1) is 0 Å². The molecule has 5 nitrogen and oxygen atoms in total. The molecule has 9 heavy (non-hydrogen) atoms. The Morgan fingerprint density at radius 3 is 2.00 bits per heavy atom. The highest BCUT2D eigenvalue weighted by Crippen LogP contribution is 2.07. The Kier molecular flexibility index (Phi) is 1.22. The van der Waals surface area contributed by atoms with E-state index in [4.69, 9.17) is 10.2 Å². The fourth-order valence-electron chi connectivity index (χ4n) is 0.482. The molecule has 2 N–H and O–H groups in total. The molecule has 1 aliphatic heterocycles. The lowest BCUT2D eigenvalue weighted by atomic mass is 10.3. The van der Waals surface area contributed by atoms with Crippen LogP contribution in [0.3, 0.4) is 0 Å². The first-order chi connectivity index (χ1) is 4.13. The molecule has 1 rings (SSSR count). The Morgan fingerprint density at radius 2 is 1.89 bits per heavy atom. The number of ketones is 1. The van der Waals surface area contributed by atoms with Gasteiger partial charge in [-0.1, -0.05) is 0 Å². The van der Waals surface area contributed by atoms with Crippen LogP contribution in [0.2, 0.25) is 0 Å². The second kappa shape index (κ2) is 1.78.